The summed E-state index contributed by atoms with van der Waals surface area (Å²) in [5.41, 5.74) is 2.81. The molecule has 0 bridgehead atoms. The van der Waals surface area contributed by atoms with Crippen LogP contribution in [0.15, 0.2) is 34.4 Å². The topological polar surface area (TPSA) is 74.0 Å². The maximum atomic E-state index is 12.3. The fraction of sp³-hybridized carbons (Fsp3) is 0.286. The van der Waals surface area contributed by atoms with Gasteiger partial charge in [-0.3, -0.25) is 9.59 Å². The van der Waals surface area contributed by atoms with Crippen LogP contribution >= 0.6 is 11.3 Å². The molecule has 0 radical (unpaired) electrons. The van der Waals surface area contributed by atoms with Crippen molar-refractivity contribution in [3.8, 4) is 0 Å². The molecule has 6 heteroatoms. The number of carbonyl (C=O) groups excluding carboxylic acids is 1. The Morgan fingerprint density at radius 1 is 1.40 bits per heavy atom. The van der Waals surface area contributed by atoms with Gasteiger partial charge in [0.1, 0.15) is 0 Å². The molecule has 5 nitrogen and oxygen atoms in total. The maximum Gasteiger partial charge on any atom is 0.304 e. The van der Waals surface area contributed by atoms with Crippen molar-refractivity contribution < 1.29 is 4.79 Å². The fourth-order valence-corrected chi connectivity index (χ4v) is 3.03. The summed E-state index contributed by atoms with van der Waals surface area (Å²) in [7, 11) is 0. The summed E-state index contributed by atoms with van der Waals surface area (Å²) >= 11 is 1.11. The van der Waals surface area contributed by atoms with Crippen molar-refractivity contribution in [3.63, 3.8) is 0 Å². The first-order chi connectivity index (χ1) is 9.74. The smallest absolute Gasteiger partial charge is 0.304 e. The van der Waals surface area contributed by atoms with Crippen molar-refractivity contribution in [3.05, 3.63) is 50.6 Å². The largest absolute Gasteiger partial charge is 0.385 e. The number of amides is 1. The van der Waals surface area contributed by atoms with E-state index in [4.69, 9.17) is 0 Å². The highest BCUT2D eigenvalue weighted by Gasteiger charge is 2.25. The van der Waals surface area contributed by atoms with E-state index in [-0.39, 0.29) is 16.7 Å². The summed E-state index contributed by atoms with van der Waals surface area (Å²) < 4.78 is 0. The number of benzene rings is 1. The van der Waals surface area contributed by atoms with Gasteiger partial charge in [-0.25, -0.2) is 0 Å². The van der Waals surface area contributed by atoms with Gasteiger partial charge in [0.15, 0.2) is 0 Å². The standard InChI is InChI=1S/C14H15N3O2S/c18-13(16-7-9-8-20-14(19)17-9)11-5-6-15-12-4-2-1-3-10(11)12/h1-4,8,11,15H,5-7H2,(H,16,18)(H,17,19). The Kier molecular flexibility index (Phi) is 3.56. The number of para-hydroxylation sites is 1. The van der Waals surface area contributed by atoms with E-state index in [1.165, 1.54) is 0 Å². The Morgan fingerprint density at radius 3 is 3.05 bits per heavy atom. The molecule has 1 unspecified atom stereocenters. The maximum absolute atomic E-state index is 12.3. The van der Waals surface area contributed by atoms with Gasteiger partial charge < -0.3 is 15.6 Å². The van der Waals surface area contributed by atoms with E-state index < -0.39 is 0 Å². The molecule has 20 heavy (non-hydrogen) atoms. The van der Waals surface area contributed by atoms with Gasteiger partial charge in [0.2, 0.25) is 5.91 Å². The van der Waals surface area contributed by atoms with Crippen LogP contribution in [0.1, 0.15) is 23.6 Å². The number of fused-ring (bicyclic) bond motifs is 1. The van der Waals surface area contributed by atoms with Crippen molar-refractivity contribution in [1.82, 2.24) is 10.3 Å². The van der Waals surface area contributed by atoms with Crippen LogP contribution in [0.4, 0.5) is 5.69 Å². The van der Waals surface area contributed by atoms with E-state index >= 15 is 0 Å². The minimum atomic E-state index is -0.127. The number of carbonyl (C=O) groups is 1. The molecule has 1 aliphatic heterocycles. The molecule has 2 aromatic rings. The third-order valence-electron chi connectivity index (χ3n) is 3.43. The zero-order valence-electron chi connectivity index (χ0n) is 10.8. The van der Waals surface area contributed by atoms with E-state index in [2.05, 4.69) is 15.6 Å². The highest BCUT2D eigenvalue weighted by molar-refractivity contribution is 7.07. The minimum absolute atomic E-state index is 0.00555. The van der Waals surface area contributed by atoms with Crippen LogP contribution in [0, 0.1) is 0 Å². The van der Waals surface area contributed by atoms with E-state index in [0.717, 1.165) is 41.2 Å². The highest BCUT2D eigenvalue weighted by Crippen LogP contribution is 2.31. The molecule has 1 aliphatic rings. The number of nitrogens with one attached hydrogen (secondary N) is 3. The van der Waals surface area contributed by atoms with Crippen LogP contribution in [-0.4, -0.2) is 17.4 Å². The third-order valence-corrected chi connectivity index (χ3v) is 4.14. The van der Waals surface area contributed by atoms with Crippen LogP contribution in [0.25, 0.3) is 0 Å². The first-order valence-corrected chi connectivity index (χ1v) is 7.39. The molecule has 0 aliphatic carbocycles. The lowest BCUT2D eigenvalue weighted by Crippen LogP contribution is -2.32. The lowest BCUT2D eigenvalue weighted by molar-refractivity contribution is -0.122. The van der Waals surface area contributed by atoms with Crippen molar-refractivity contribution in [2.24, 2.45) is 0 Å². The Hall–Kier alpha value is -2.08. The molecular formula is C14H15N3O2S. The summed E-state index contributed by atoms with van der Waals surface area (Å²) in [6, 6.07) is 7.88. The predicted octanol–water partition coefficient (Wildman–Crippen LogP) is 1.65. The SMILES string of the molecule is O=C(NCc1csc(=O)[nH]1)C1CCNc2ccccc21. The van der Waals surface area contributed by atoms with Gasteiger partial charge in [0.05, 0.1) is 12.5 Å². The summed E-state index contributed by atoms with van der Waals surface area (Å²) in [6.07, 6.45) is 0.781. The Morgan fingerprint density at radius 2 is 2.25 bits per heavy atom. The summed E-state index contributed by atoms with van der Waals surface area (Å²) in [5, 5.41) is 7.93. The van der Waals surface area contributed by atoms with Gasteiger partial charge in [-0.15, -0.1) is 0 Å². The van der Waals surface area contributed by atoms with E-state index in [1.54, 1.807) is 5.38 Å². The number of aromatic nitrogens is 1. The van der Waals surface area contributed by atoms with E-state index in [9.17, 15) is 9.59 Å². The molecule has 1 aromatic heterocycles. The van der Waals surface area contributed by atoms with Gasteiger partial charge in [-0.2, -0.15) is 0 Å². The molecule has 0 spiro atoms. The number of H-pyrrole nitrogens is 1. The van der Waals surface area contributed by atoms with E-state index in [1.807, 2.05) is 24.3 Å². The lowest BCUT2D eigenvalue weighted by atomic mass is 9.90. The van der Waals surface area contributed by atoms with Crippen molar-refractivity contribution in [2.45, 2.75) is 18.9 Å². The Labute approximate surface area is 120 Å². The summed E-state index contributed by atoms with van der Waals surface area (Å²) in [4.78, 5) is 25.9. The number of aromatic amines is 1. The Balaban J connectivity index is 1.70. The second-order valence-corrected chi connectivity index (χ2v) is 5.59. The average Bonchev–Trinajstić information content (AvgIpc) is 2.90. The molecule has 1 atom stereocenters. The van der Waals surface area contributed by atoms with Crippen LogP contribution in [-0.2, 0) is 11.3 Å². The molecule has 1 amide bonds. The quantitative estimate of drug-likeness (QED) is 0.804. The summed E-state index contributed by atoms with van der Waals surface area (Å²) in [5.74, 6) is -0.121. The number of rotatable bonds is 3. The second-order valence-electron chi connectivity index (χ2n) is 4.75. The van der Waals surface area contributed by atoms with Crippen molar-refractivity contribution >= 4 is 22.9 Å². The molecule has 0 saturated carbocycles. The highest BCUT2D eigenvalue weighted by atomic mass is 32.1. The zero-order chi connectivity index (χ0) is 13.9. The predicted molar refractivity (Wildman–Crippen MR) is 79.1 cm³/mol. The number of anilines is 1. The second kappa shape index (κ2) is 5.50. The fourth-order valence-electron chi connectivity index (χ4n) is 2.45. The number of hydrogen-bond donors (Lipinski definition) is 3. The molecular weight excluding hydrogens is 274 g/mol. The molecule has 3 N–H and O–H groups in total. The van der Waals surface area contributed by atoms with Crippen LogP contribution in [0.5, 0.6) is 0 Å². The first kappa shape index (κ1) is 12.9. The molecule has 2 heterocycles. The van der Waals surface area contributed by atoms with Gasteiger partial charge in [-0.1, -0.05) is 29.5 Å². The molecule has 1 aromatic carbocycles. The number of thiazole rings is 1. The summed E-state index contributed by atoms with van der Waals surface area (Å²) in [6.45, 7) is 1.16. The average molecular weight is 289 g/mol. The lowest BCUT2D eigenvalue weighted by Gasteiger charge is -2.25. The normalized spacial score (nSPS) is 17.1. The van der Waals surface area contributed by atoms with Gasteiger partial charge in [0.25, 0.3) is 0 Å². The van der Waals surface area contributed by atoms with Gasteiger partial charge in [0, 0.05) is 23.3 Å². The molecule has 0 fully saturated rings. The zero-order valence-corrected chi connectivity index (χ0v) is 11.6. The van der Waals surface area contributed by atoms with Gasteiger partial charge >= 0.3 is 4.87 Å². The minimum Gasteiger partial charge on any atom is -0.385 e. The van der Waals surface area contributed by atoms with E-state index in [0.29, 0.717) is 6.54 Å². The third kappa shape index (κ3) is 2.60. The van der Waals surface area contributed by atoms with Crippen LogP contribution in [0.3, 0.4) is 0 Å². The number of hydrogen-bond acceptors (Lipinski definition) is 4. The van der Waals surface area contributed by atoms with Crippen molar-refractivity contribution in [2.75, 3.05) is 11.9 Å². The molecule has 0 saturated heterocycles. The first-order valence-electron chi connectivity index (χ1n) is 6.51. The monoisotopic (exact) mass is 289 g/mol. The van der Waals surface area contributed by atoms with Gasteiger partial charge in [-0.05, 0) is 18.1 Å². The molecule has 104 valence electrons. The Bertz CT molecular complexity index is 677. The van der Waals surface area contributed by atoms with Crippen molar-refractivity contribution in [1.29, 1.82) is 0 Å². The van der Waals surface area contributed by atoms with Crippen LogP contribution < -0.4 is 15.5 Å². The molecule has 3 rings (SSSR count). The van der Waals surface area contributed by atoms with Crippen LogP contribution in [0.2, 0.25) is 0 Å².